The Hall–Kier alpha value is -2.97. The molecule has 2 aromatic rings. The second kappa shape index (κ2) is 12.3. The first-order valence-corrected chi connectivity index (χ1v) is 17.9. The molecule has 1 aliphatic rings. The molecule has 0 saturated heterocycles. The Morgan fingerprint density at radius 3 is 1.73 bits per heavy atom. The zero-order valence-corrected chi connectivity index (χ0v) is 24.2. The van der Waals surface area contributed by atoms with Crippen LogP contribution in [0.2, 0.25) is 0 Å². The van der Waals surface area contributed by atoms with Crippen molar-refractivity contribution in [2.24, 2.45) is 0 Å². The average molecular weight is 687 g/mol. The zero-order chi connectivity index (χ0) is 31.5. The van der Waals surface area contributed by atoms with Crippen LogP contribution in [-0.2, 0) is 64.8 Å². The summed E-state index contributed by atoms with van der Waals surface area (Å²) in [6, 6.07) is 4.04. The molecule has 1 aliphatic heterocycles. The number of rotatable bonds is 4. The van der Waals surface area contributed by atoms with E-state index in [4.69, 9.17) is 33.2 Å². The number of hydrogen-bond acceptors (Lipinski definition) is 16. The molecule has 40 heavy (non-hydrogen) atoms. The molecule has 224 valence electrons. The fourth-order valence-electron chi connectivity index (χ4n) is 2.68. The van der Waals surface area contributed by atoms with Gasteiger partial charge >= 0.3 is 10.6 Å². The molecule has 2 aromatic carbocycles. The normalized spacial score (nSPS) is 15.9. The molecule has 0 aliphatic carbocycles. The molecule has 0 fully saturated rings. The SMILES string of the molecule is C=CS(=O)(=O)c1ccc(S(=O)(=O)O)c(N)c1.Nc1cc2c(cc1S(=O)(=O)O)S(=O)(=O)OCCS2(=O)=O.O=S(=O)=O. The lowest BCUT2D eigenvalue weighted by Gasteiger charge is -2.09. The first-order valence-electron chi connectivity index (χ1n) is 9.41. The Morgan fingerprint density at radius 2 is 1.30 bits per heavy atom. The minimum Gasteiger partial charge on any atom is -0.398 e. The van der Waals surface area contributed by atoms with Crippen LogP contribution in [0.5, 0.6) is 0 Å². The Morgan fingerprint density at radius 1 is 0.825 bits per heavy atom. The highest BCUT2D eigenvalue weighted by Crippen LogP contribution is 2.33. The second-order valence-electron chi connectivity index (χ2n) is 7.00. The lowest BCUT2D eigenvalue weighted by atomic mass is 10.3. The molecular weight excluding hydrogens is 669 g/mol. The summed E-state index contributed by atoms with van der Waals surface area (Å²) in [6.45, 7) is 2.52. The smallest absolute Gasteiger partial charge is 0.398 e. The van der Waals surface area contributed by atoms with E-state index in [1.165, 1.54) is 0 Å². The highest BCUT2D eigenvalue weighted by molar-refractivity contribution is 7.94. The number of nitrogen functional groups attached to an aromatic ring is 2. The van der Waals surface area contributed by atoms with E-state index in [1.807, 2.05) is 0 Å². The molecule has 0 radical (unpaired) electrons. The summed E-state index contributed by atoms with van der Waals surface area (Å²) in [5.74, 6) is -0.593. The number of sulfone groups is 2. The third-order valence-electron chi connectivity index (χ3n) is 4.36. The van der Waals surface area contributed by atoms with Crippen molar-refractivity contribution >= 4 is 72.0 Å². The molecule has 6 N–H and O–H groups in total. The van der Waals surface area contributed by atoms with Crippen molar-refractivity contribution in [3.8, 4) is 0 Å². The summed E-state index contributed by atoms with van der Waals surface area (Å²) in [5, 5.41) is 0.717. The van der Waals surface area contributed by atoms with Crippen molar-refractivity contribution in [1.82, 2.24) is 0 Å². The fraction of sp³-hybridized carbons (Fsp3) is 0.125. The van der Waals surface area contributed by atoms with Crippen molar-refractivity contribution in [2.45, 2.75) is 24.5 Å². The maximum Gasteiger partial charge on any atom is 0.425 e. The third-order valence-corrected chi connectivity index (χ3v) is 10.7. The van der Waals surface area contributed by atoms with E-state index in [9.17, 15) is 42.1 Å². The van der Waals surface area contributed by atoms with Gasteiger partial charge in [-0.2, -0.15) is 25.3 Å². The summed E-state index contributed by atoms with van der Waals surface area (Å²) in [6.07, 6.45) is 0. The Labute approximate surface area is 229 Å². The van der Waals surface area contributed by atoms with Crippen molar-refractivity contribution < 1.29 is 68.0 Å². The van der Waals surface area contributed by atoms with Gasteiger partial charge < -0.3 is 11.5 Å². The van der Waals surface area contributed by atoms with Gasteiger partial charge in [0.15, 0.2) is 19.7 Å². The predicted octanol–water partition coefficient (Wildman–Crippen LogP) is -1.56. The molecule has 1 heterocycles. The Kier molecular flexibility index (Phi) is 10.8. The van der Waals surface area contributed by atoms with Gasteiger partial charge in [-0.25, -0.2) is 16.8 Å². The van der Waals surface area contributed by atoms with E-state index in [2.05, 4.69) is 10.8 Å². The summed E-state index contributed by atoms with van der Waals surface area (Å²) < 4.78 is 161. The standard InChI is InChI=1S/C8H9NO8S3.C8H9NO5S2.O3S/c9-5-3-7-8(4-6(5)19(12,13)14)20(15,16)17-1-2-18(7,10)11;1-2-15(10,11)6-3-4-8(7(9)5-6)16(12,13)14;1-4(2)3/h3-4H,1-2,9H2,(H,12,13,14);2-5H,1,9H2,(H,12,13,14);. The highest BCUT2D eigenvalue weighted by atomic mass is 32.2. The van der Waals surface area contributed by atoms with Gasteiger partial charge in [-0.05, 0) is 30.3 Å². The maximum absolute atomic E-state index is 11.9. The predicted molar refractivity (Wildman–Crippen MR) is 134 cm³/mol. The molecule has 24 heteroatoms. The van der Waals surface area contributed by atoms with Crippen LogP contribution in [0.3, 0.4) is 0 Å². The van der Waals surface area contributed by atoms with Crippen LogP contribution in [0.25, 0.3) is 0 Å². The van der Waals surface area contributed by atoms with Crippen LogP contribution >= 0.6 is 0 Å². The molecular formula is C16H18N2O16S6. The van der Waals surface area contributed by atoms with Crippen molar-refractivity contribution in [1.29, 1.82) is 0 Å². The van der Waals surface area contributed by atoms with Crippen molar-refractivity contribution in [2.75, 3.05) is 23.8 Å². The molecule has 0 saturated carbocycles. The second-order valence-corrected chi connectivity index (χ2v) is 15.7. The molecule has 0 aromatic heterocycles. The molecule has 18 nitrogen and oxygen atoms in total. The molecule has 0 amide bonds. The van der Waals surface area contributed by atoms with E-state index in [0.29, 0.717) is 12.1 Å². The van der Waals surface area contributed by atoms with Gasteiger partial charge in [0.05, 0.1) is 33.5 Å². The first-order chi connectivity index (χ1) is 17.9. The monoisotopic (exact) mass is 686 g/mol. The largest absolute Gasteiger partial charge is 0.425 e. The van der Waals surface area contributed by atoms with Crippen LogP contribution in [0, 0.1) is 0 Å². The molecule has 0 atom stereocenters. The Balaban J connectivity index is 0.000000360. The van der Waals surface area contributed by atoms with Gasteiger partial charge in [-0.3, -0.25) is 13.3 Å². The minimum atomic E-state index is -4.81. The van der Waals surface area contributed by atoms with Crippen molar-refractivity contribution in [3.05, 3.63) is 42.3 Å². The summed E-state index contributed by atoms with van der Waals surface area (Å²) in [4.78, 5) is -3.14. The van der Waals surface area contributed by atoms with Gasteiger partial charge in [0.25, 0.3) is 30.4 Å². The number of anilines is 2. The van der Waals surface area contributed by atoms with Crippen LogP contribution in [0.4, 0.5) is 11.4 Å². The first kappa shape index (κ1) is 35.1. The van der Waals surface area contributed by atoms with E-state index in [-0.39, 0.29) is 10.6 Å². The van der Waals surface area contributed by atoms with Gasteiger partial charge in [-0.1, -0.05) is 6.58 Å². The number of hydrogen-bond donors (Lipinski definition) is 4. The van der Waals surface area contributed by atoms with E-state index in [1.54, 1.807) is 0 Å². The van der Waals surface area contributed by atoms with Crippen LogP contribution in [0.15, 0.2) is 66.8 Å². The van der Waals surface area contributed by atoms with E-state index < -0.39 is 98.3 Å². The quantitative estimate of drug-likeness (QED) is 0.160. The van der Waals surface area contributed by atoms with E-state index in [0.717, 1.165) is 23.6 Å². The van der Waals surface area contributed by atoms with Crippen LogP contribution in [0.1, 0.15) is 0 Å². The lowest BCUT2D eigenvalue weighted by Crippen LogP contribution is -2.12. The van der Waals surface area contributed by atoms with Gasteiger partial charge in [-0.15, -0.1) is 12.6 Å². The summed E-state index contributed by atoms with van der Waals surface area (Å²) >= 11 is 0. The number of fused-ring (bicyclic) bond motifs is 1. The fourth-order valence-corrected chi connectivity index (χ4v) is 7.70. The summed E-state index contributed by atoms with van der Waals surface area (Å²) in [7, 11) is -24.5. The van der Waals surface area contributed by atoms with E-state index >= 15 is 0 Å². The topological polar surface area (TPSA) is 324 Å². The molecule has 0 bridgehead atoms. The molecule has 0 spiro atoms. The number of nitrogens with two attached hydrogens (primary N) is 2. The average Bonchev–Trinajstić information content (AvgIpc) is 2.84. The van der Waals surface area contributed by atoms with Crippen molar-refractivity contribution in [3.63, 3.8) is 0 Å². The lowest BCUT2D eigenvalue weighted by molar-refractivity contribution is 0.340. The minimum absolute atomic E-state index is 0.188. The highest BCUT2D eigenvalue weighted by Gasteiger charge is 2.34. The number of benzene rings is 2. The van der Waals surface area contributed by atoms with Crippen LogP contribution in [-0.4, -0.2) is 76.2 Å². The third kappa shape index (κ3) is 9.03. The Bertz CT molecular complexity index is 1990. The van der Waals surface area contributed by atoms with Gasteiger partial charge in [0.1, 0.15) is 14.7 Å². The summed E-state index contributed by atoms with van der Waals surface area (Å²) in [5.41, 5.74) is 9.75. The maximum atomic E-state index is 11.9. The van der Waals surface area contributed by atoms with Crippen LogP contribution < -0.4 is 11.5 Å². The zero-order valence-electron chi connectivity index (χ0n) is 19.3. The van der Waals surface area contributed by atoms with Gasteiger partial charge in [0, 0.05) is 5.41 Å². The van der Waals surface area contributed by atoms with Gasteiger partial charge in [0.2, 0.25) is 0 Å². The molecule has 0 unspecified atom stereocenters. The molecule has 3 rings (SSSR count).